The number of alkyl halides is 1. The Labute approximate surface area is 59.7 Å². The smallest absolute Gasteiger partial charge is 0.0597 e. The summed E-state index contributed by atoms with van der Waals surface area (Å²) >= 11 is 4.53. The molecule has 5 heavy (non-hydrogen) atoms. The van der Waals surface area contributed by atoms with Gasteiger partial charge in [-0.05, 0) is 7.05 Å². The highest BCUT2D eigenvalue weighted by Crippen LogP contribution is 1.94. The Balaban J connectivity index is 2.54. The van der Waals surface area contributed by atoms with Crippen molar-refractivity contribution in [2.75, 3.05) is 11.6 Å². The lowest BCUT2D eigenvalue weighted by Crippen LogP contribution is -1.95. The standard InChI is InChI=1S/C2H5I2N/c1-5(4)2-3/h2H2,1H3. The topological polar surface area (TPSA) is 3.24 Å². The summed E-state index contributed by atoms with van der Waals surface area (Å²) < 4.78 is 3.18. The van der Waals surface area contributed by atoms with Crippen molar-refractivity contribution < 1.29 is 0 Å². The number of halogens is 2. The van der Waals surface area contributed by atoms with Gasteiger partial charge in [0.2, 0.25) is 0 Å². The lowest BCUT2D eigenvalue weighted by molar-refractivity contribution is 0.748. The van der Waals surface area contributed by atoms with Crippen molar-refractivity contribution in [2.24, 2.45) is 0 Å². The van der Waals surface area contributed by atoms with Crippen molar-refractivity contribution in [3.05, 3.63) is 0 Å². The second kappa shape index (κ2) is 3.60. The van der Waals surface area contributed by atoms with E-state index in [0.29, 0.717) is 0 Å². The van der Waals surface area contributed by atoms with Gasteiger partial charge in [0.15, 0.2) is 0 Å². The second-order valence-electron chi connectivity index (χ2n) is 0.724. The maximum Gasteiger partial charge on any atom is 0.0597 e. The molecule has 0 atom stereocenters. The minimum atomic E-state index is 1.10. The van der Waals surface area contributed by atoms with E-state index in [0.717, 1.165) is 4.55 Å². The van der Waals surface area contributed by atoms with Crippen molar-refractivity contribution in [1.29, 1.82) is 0 Å². The molecule has 0 aromatic rings. The van der Waals surface area contributed by atoms with E-state index < -0.39 is 0 Å². The number of hydrogen-bond acceptors (Lipinski definition) is 1. The fourth-order valence-electron chi connectivity index (χ4n) is 0. The molecule has 0 N–H and O–H groups in total. The maximum atomic E-state index is 2.30. The van der Waals surface area contributed by atoms with E-state index in [1.807, 2.05) is 7.05 Å². The van der Waals surface area contributed by atoms with Crippen LogP contribution in [0.4, 0.5) is 0 Å². The molecule has 0 amide bonds. The molecule has 0 aliphatic rings. The van der Waals surface area contributed by atoms with E-state index in [9.17, 15) is 0 Å². The second-order valence-corrected chi connectivity index (χ2v) is 3.05. The highest BCUT2D eigenvalue weighted by atomic mass is 127. The third kappa shape index (κ3) is 5.42. The van der Waals surface area contributed by atoms with E-state index in [-0.39, 0.29) is 0 Å². The molecule has 0 radical (unpaired) electrons. The average molecular weight is 297 g/mol. The molecule has 0 aromatic heterocycles. The Hall–Kier alpha value is 1.42. The summed E-state index contributed by atoms with van der Waals surface area (Å²) in [6.45, 7) is 0. The first-order valence-electron chi connectivity index (χ1n) is 1.20. The normalized spacial score (nSPS) is 9.60. The minimum absolute atomic E-state index is 1.10. The van der Waals surface area contributed by atoms with Crippen molar-refractivity contribution in [3.8, 4) is 0 Å². The largest absolute Gasteiger partial charge is 0.241 e. The van der Waals surface area contributed by atoms with Gasteiger partial charge in [0.25, 0.3) is 0 Å². The van der Waals surface area contributed by atoms with Crippen LogP contribution in [0, 0.1) is 0 Å². The van der Waals surface area contributed by atoms with Crippen LogP contribution in [0.15, 0.2) is 0 Å². The van der Waals surface area contributed by atoms with Gasteiger partial charge in [-0.3, -0.25) is 0 Å². The Morgan fingerprint density at radius 3 is 2.00 bits per heavy atom. The molecule has 0 fully saturated rings. The fraction of sp³-hybridized carbons (Fsp3) is 1.00. The monoisotopic (exact) mass is 297 g/mol. The summed E-state index contributed by atoms with van der Waals surface area (Å²) in [6, 6.07) is 0. The molecule has 1 nitrogen and oxygen atoms in total. The zero-order chi connectivity index (χ0) is 4.28. The molecule has 32 valence electrons. The van der Waals surface area contributed by atoms with E-state index in [1.165, 1.54) is 0 Å². The molecule has 0 rings (SSSR count). The Bertz CT molecular complexity index is 21.6. The van der Waals surface area contributed by atoms with Gasteiger partial charge in [0.05, 0.1) is 4.55 Å². The van der Waals surface area contributed by atoms with Gasteiger partial charge in [-0.25, -0.2) is 3.11 Å². The lowest BCUT2D eigenvalue weighted by Gasteiger charge is -1.94. The Kier molecular flexibility index (Phi) is 4.63. The molecule has 3 heteroatoms. The molecule has 0 aliphatic carbocycles. The van der Waals surface area contributed by atoms with Gasteiger partial charge < -0.3 is 0 Å². The molecule has 0 heterocycles. The molecule has 0 saturated heterocycles. The molecule has 0 bridgehead atoms. The highest BCUT2D eigenvalue weighted by Gasteiger charge is 1.76. The van der Waals surface area contributed by atoms with Crippen LogP contribution >= 0.6 is 45.5 Å². The SMILES string of the molecule is CN(I)CI. The van der Waals surface area contributed by atoms with Crippen LogP contribution < -0.4 is 0 Å². The van der Waals surface area contributed by atoms with Gasteiger partial charge >= 0.3 is 0 Å². The molecular formula is C2H5I2N. The first-order valence-corrected chi connectivity index (χ1v) is 3.69. The summed E-state index contributed by atoms with van der Waals surface area (Å²) in [7, 11) is 2.03. The van der Waals surface area contributed by atoms with Crippen LogP contribution in [0.5, 0.6) is 0 Å². The van der Waals surface area contributed by atoms with Crippen LogP contribution in [0.25, 0.3) is 0 Å². The molecule has 0 spiro atoms. The first-order chi connectivity index (χ1) is 2.27. The van der Waals surface area contributed by atoms with Crippen molar-refractivity contribution in [3.63, 3.8) is 0 Å². The third-order valence-electron chi connectivity index (χ3n) is 0.165. The molecular weight excluding hydrogens is 292 g/mol. The maximum absolute atomic E-state index is 2.30. The Morgan fingerprint density at radius 1 is 1.80 bits per heavy atom. The lowest BCUT2D eigenvalue weighted by atomic mass is 11.3. The summed E-state index contributed by atoms with van der Waals surface area (Å²) in [6.07, 6.45) is 0. The van der Waals surface area contributed by atoms with Gasteiger partial charge in [0, 0.05) is 22.9 Å². The summed E-state index contributed by atoms with van der Waals surface area (Å²) in [5.74, 6) is 0. The summed E-state index contributed by atoms with van der Waals surface area (Å²) in [5.41, 5.74) is 0. The van der Waals surface area contributed by atoms with E-state index >= 15 is 0 Å². The van der Waals surface area contributed by atoms with E-state index in [2.05, 4.69) is 48.6 Å². The minimum Gasteiger partial charge on any atom is -0.241 e. The van der Waals surface area contributed by atoms with Crippen molar-refractivity contribution >= 4 is 45.5 Å². The zero-order valence-electron chi connectivity index (χ0n) is 2.91. The van der Waals surface area contributed by atoms with Crippen molar-refractivity contribution in [2.45, 2.75) is 0 Å². The molecule has 0 saturated carbocycles. The van der Waals surface area contributed by atoms with Crippen molar-refractivity contribution in [1.82, 2.24) is 3.11 Å². The molecule has 0 aromatic carbocycles. The predicted molar refractivity (Wildman–Crippen MR) is 40.7 cm³/mol. The summed E-state index contributed by atoms with van der Waals surface area (Å²) in [5, 5.41) is 0. The highest BCUT2D eigenvalue weighted by molar-refractivity contribution is 14.1. The van der Waals surface area contributed by atoms with Crippen LogP contribution in [0.1, 0.15) is 0 Å². The van der Waals surface area contributed by atoms with Crippen LogP contribution in [0.3, 0.4) is 0 Å². The van der Waals surface area contributed by atoms with Crippen LogP contribution in [-0.2, 0) is 0 Å². The van der Waals surface area contributed by atoms with Crippen LogP contribution in [0.2, 0.25) is 0 Å². The quantitative estimate of drug-likeness (QED) is 0.308. The van der Waals surface area contributed by atoms with Crippen LogP contribution in [-0.4, -0.2) is 14.7 Å². The fourth-order valence-corrected chi connectivity index (χ4v) is 0. The first kappa shape index (κ1) is 6.42. The predicted octanol–water partition coefficient (Wildman–Crippen LogP) is 1.66. The third-order valence-corrected chi connectivity index (χ3v) is 2.83. The number of nitrogens with zero attached hydrogens (tertiary/aromatic N) is 1. The van der Waals surface area contributed by atoms with Gasteiger partial charge in [-0.2, -0.15) is 0 Å². The van der Waals surface area contributed by atoms with E-state index in [1.54, 1.807) is 0 Å². The van der Waals surface area contributed by atoms with Gasteiger partial charge in [-0.15, -0.1) is 0 Å². The molecule has 0 aliphatic heterocycles. The zero-order valence-corrected chi connectivity index (χ0v) is 7.23. The van der Waals surface area contributed by atoms with Gasteiger partial charge in [-0.1, -0.05) is 22.6 Å². The summed E-state index contributed by atoms with van der Waals surface area (Å²) in [4.78, 5) is 0. The Morgan fingerprint density at radius 2 is 2.00 bits per heavy atom. The number of rotatable bonds is 1. The average Bonchev–Trinajstić information content (AvgIpc) is 1.38. The number of hydrogen-bond donors (Lipinski definition) is 0. The molecule has 0 unspecified atom stereocenters. The van der Waals surface area contributed by atoms with E-state index in [4.69, 9.17) is 0 Å². The van der Waals surface area contributed by atoms with Gasteiger partial charge in [0.1, 0.15) is 0 Å².